The maximum atomic E-state index is 14.6. The molecule has 0 N–H and O–H groups in total. The van der Waals surface area contributed by atoms with Crippen LogP contribution < -0.4 is 9.64 Å². The third kappa shape index (κ3) is 1.84. The van der Waals surface area contributed by atoms with Gasteiger partial charge in [0, 0.05) is 6.61 Å². The first-order valence-electron chi connectivity index (χ1n) is 7.73. The van der Waals surface area contributed by atoms with Crippen molar-refractivity contribution in [2.75, 3.05) is 31.0 Å². The lowest BCUT2D eigenvalue weighted by molar-refractivity contribution is 0.119. The maximum absolute atomic E-state index is 14.6. The van der Waals surface area contributed by atoms with Crippen molar-refractivity contribution >= 4 is 40.1 Å². The molecular formula is C15H14ClFN4O2S. The summed E-state index contributed by atoms with van der Waals surface area (Å²) in [5.74, 6) is 0.364. The lowest BCUT2D eigenvalue weighted by Crippen LogP contribution is -2.69. The number of anilines is 1. The molecule has 6 nitrogen and oxygen atoms in total. The molecule has 2 aromatic rings. The number of rotatable bonds is 1. The molecule has 2 saturated heterocycles. The van der Waals surface area contributed by atoms with Gasteiger partial charge < -0.3 is 14.4 Å². The Labute approximate surface area is 146 Å². The van der Waals surface area contributed by atoms with Crippen LogP contribution in [0.5, 0.6) is 5.88 Å². The Hall–Kier alpha value is -1.38. The van der Waals surface area contributed by atoms with E-state index < -0.39 is 5.82 Å². The highest BCUT2D eigenvalue weighted by Crippen LogP contribution is 2.50. The monoisotopic (exact) mass is 368 g/mol. The number of hydrogen-bond donors (Lipinski definition) is 0. The quantitative estimate of drug-likeness (QED) is 0.435. The van der Waals surface area contributed by atoms with Crippen LogP contribution in [0.15, 0.2) is 5.16 Å². The molecule has 5 rings (SSSR count). The van der Waals surface area contributed by atoms with Crippen molar-refractivity contribution in [1.82, 2.24) is 15.0 Å². The number of thioether (sulfide) groups is 1. The first-order chi connectivity index (χ1) is 11.6. The molecular weight excluding hydrogens is 355 g/mol. The van der Waals surface area contributed by atoms with Crippen molar-refractivity contribution in [3.8, 4) is 5.88 Å². The summed E-state index contributed by atoms with van der Waals surface area (Å²) >= 11 is 7.33. The van der Waals surface area contributed by atoms with E-state index in [0.29, 0.717) is 42.1 Å². The van der Waals surface area contributed by atoms with Gasteiger partial charge in [-0.05, 0) is 19.1 Å². The van der Waals surface area contributed by atoms with Crippen LogP contribution in [0.1, 0.15) is 12.8 Å². The van der Waals surface area contributed by atoms with Crippen LogP contribution >= 0.6 is 23.4 Å². The molecule has 2 aromatic heterocycles. The summed E-state index contributed by atoms with van der Waals surface area (Å²) < 4.78 is 26.2. The first kappa shape index (κ1) is 14.9. The zero-order chi connectivity index (χ0) is 16.5. The van der Waals surface area contributed by atoms with E-state index in [1.165, 1.54) is 11.8 Å². The highest BCUT2D eigenvalue weighted by molar-refractivity contribution is 7.98. The zero-order valence-electron chi connectivity index (χ0n) is 12.9. The Balaban J connectivity index is 1.84. The highest BCUT2D eigenvalue weighted by atomic mass is 35.5. The van der Waals surface area contributed by atoms with Gasteiger partial charge in [0.25, 0.3) is 0 Å². The van der Waals surface area contributed by atoms with E-state index in [-0.39, 0.29) is 22.3 Å². The van der Waals surface area contributed by atoms with Gasteiger partial charge in [-0.1, -0.05) is 23.4 Å². The molecule has 0 saturated carbocycles. The number of pyridine rings is 1. The average Bonchev–Trinajstić information content (AvgIpc) is 2.92. The van der Waals surface area contributed by atoms with E-state index in [4.69, 9.17) is 21.1 Å². The molecule has 3 aliphatic rings. The van der Waals surface area contributed by atoms with Crippen molar-refractivity contribution in [2.45, 2.75) is 29.6 Å². The number of ether oxygens (including phenoxy) is 2. The Morgan fingerprint density at radius 1 is 1.38 bits per heavy atom. The fourth-order valence-electron chi connectivity index (χ4n) is 3.99. The molecule has 3 aliphatic heterocycles. The van der Waals surface area contributed by atoms with Crippen molar-refractivity contribution < 1.29 is 13.9 Å². The normalized spacial score (nSPS) is 27.8. The van der Waals surface area contributed by atoms with Crippen molar-refractivity contribution in [2.24, 2.45) is 0 Å². The van der Waals surface area contributed by atoms with Crippen molar-refractivity contribution in [3.63, 3.8) is 0 Å². The van der Waals surface area contributed by atoms with Crippen LogP contribution in [-0.2, 0) is 4.74 Å². The number of nitrogens with zero attached hydrogens (tertiary/aromatic N) is 4. The predicted molar refractivity (Wildman–Crippen MR) is 88.6 cm³/mol. The summed E-state index contributed by atoms with van der Waals surface area (Å²) in [6, 6.07) is 0.216. The van der Waals surface area contributed by atoms with E-state index >= 15 is 0 Å². The Morgan fingerprint density at radius 2 is 2.25 bits per heavy atom. The van der Waals surface area contributed by atoms with Crippen LogP contribution in [0.25, 0.3) is 10.9 Å². The molecule has 2 atom stereocenters. The molecule has 1 spiro atoms. The van der Waals surface area contributed by atoms with Crippen LogP contribution in [0, 0.1) is 5.82 Å². The molecule has 24 heavy (non-hydrogen) atoms. The van der Waals surface area contributed by atoms with E-state index in [0.717, 1.165) is 12.8 Å². The fourth-order valence-corrected chi connectivity index (χ4v) is 4.51. The predicted octanol–water partition coefficient (Wildman–Crippen LogP) is 2.67. The summed E-state index contributed by atoms with van der Waals surface area (Å²) in [4.78, 5) is 15.3. The molecule has 126 valence electrons. The second-order valence-corrected chi connectivity index (χ2v) is 7.48. The van der Waals surface area contributed by atoms with Gasteiger partial charge in [-0.15, -0.1) is 0 Å². The number of halogens is 2. The SMILES string of the molecule is CSc1nc2c3c(nc(Cl)c(F)c3n1)OCC13CCOCC(C1)N23. The topological polar surface area (TPSA) is 60.4 Å². The smallest absolute Gasteiger partial charge is 0.228 e. The molecule has 5 heterocycles. The van der Waals surface area contributed by atoms with E-state index in [1.807, 2.05) is 6.26 Å². The van der Waals surface area contributed by atoms with Crippen LogP contribution in [0.4, 0.5) is 10.2 Å². The summed E-state index contributed by atoms with van der Waals surface area (Å²) in [7, 11) is 0. The largest absolute Gasteiger partial charge is 0.475 e. The highest BCUT2D eigenvalue weighted by Gasteiger charge is 2.56. The Kier molecular flexibility index (Phi) is 3.15. The molecule has 2 bridgehead atoms. The molecule has 2 fully saturated rings. The molecule has 0 aliphatic carbocycles. The van der Waals surface area contributed by atoms with E-state index in [2.05, 4.69) is 19.9 Å². The van der Waals surface area contributed by atoms with Gasteiger partial charge >= 0.3 is 0 Å². The molecule has 9 heteroatoms. The zero-order valence-corrected chi connectivity index (χ0v) is 14.5. The second-order valence-electron chi connectivity index (χ2n) is 6.35. The first-order valence-corrected chi connectivity index (χ1v) is 9.34. The summed E-state index contributed by atoms with van der Waals surface area (Å²) in [5, 5.41) is 0.786. The summed E-state index contributed by atoms with van der Waals surface area (Å²) in [5.41, 5.74) is -0.0112. The second kappa shape index (κ2) is 5.06. The van der Waals surface area contributed by atoms with Crippen LogP contribution in [0.2, 0.25) is 5.15 Å². The minimum Gasteiger partial charge on any atom is -0.475 e. The van der Waals surface area contributed by atoms with Crippen molar-refractivity contribution in [1.29, 1.82) is 0 Å². The van der Waals surface area contributed by atoms with Gasteiger partial charge in [0.05, 0.1) is 18.2 Å². The average molecular weight is 369 g/mol. The van der Waals surface area contributed by atoms with Gasteiger partial charge in [0.2, 0.25) is 5.88 Å². The number of hydrogen-bond acceptors (Lipinski definition) is 7. The van der Waals surface area contributed by atoms with Gasteiger partial charge in [0.15, 0.2) is 16.1 Å². The molecule has 2 unspecified atom stereocenters. The molecule has 0 aromatic carbocycles. The molecule has 0 radical (unpaired) electrons. The minimum atomic E-state index is -0.631. The Morgan fingerprint density at radius 3 is 3.08 bits per heavy atom. The third-order valence-electron chi connectivity index (χ3n) is 5.07. The summed E-state index contributed by atoms with van der Waals surface area (Å²) in [6.45, 7) is 1.78. The summed E-state index contributed by atoms with van der Waals surface area (Å²) in [6.07, 6.45) is 3.68. The third-order valence-corrected chi connectivity index (χ3v) is 5.87. The minimum absolute atomic E-state index is 0.168. The lowest BCUT2D eigenvalue weighted by Gasteiger charge is -2.56. The van der Waals surface area contributed by atoms with Crippen LogP contribution in [-0.4, -0.2) is 52.6 Å². The van der Waals surface area contributed by atoms with Gasteiger partial charge in [0.1, 0.15) is 23.3 Å². The van der Waals surface area contributed by atoms with Gasteiger partial charge in [-0.2, -0.15) is 4.98 Å². The van der Waals surface area contributed by atoms with E-state index in [9.17, 15) is 4.39 Å². The standard InChI is InChI=1S/C15H14ClFN4O2S/c1-24-14-18-10-8-12(20-14)21-7-4-15(21,2-3-22-5-7)6-23-13(8)19-11(16)9(10)17/h7H,2-6H2,1H3. The van der Waals surface area contributed by atoms with Gasteiger partial charge in [-0.25, -0.2) is 14.4 Å². The van der Waals surface area contributed by atoms with Gasteiger partial charge in [-0.3, -0.25) is 0 Å². The Bertz CT molecular complexity index is 865. The van der Waals surface area contributed by atoms with E-state index in [1.54, 1.807) is 0 Å². The number of aromatic nitrogens is 3. The molecule has 0 amide bonds. The van der Waals surface area contributed by atoms with Crippen molar-refractivity contribution in [3.05, 3.63) is 11.0 Å². The maximum Gasteiger partial charge on any atom is 0.228 e. The fraction of sp³-hybridized carbons (Fsp3) is 0.533. The number of fused-ring (bicyclic) bond motifs is 3. The lowest BCUT2D eigenvalue weighted by atomic mass is 9.77. The van der Waals surface area contributed by atoms with Crippen LogP contribution in [0.3, 0.4) is 0 Å².